The normalized spacial score (nSPS) is 16.0. The van der Waals surface area contributed by atoms with E-state index in [2.05, 4.69) is 0 Å². The van der Waals surface area contributed by atoms with Crippen molar-refractivity contribution in [2.24, 2.45) is 0 Å². The van der Waals surface area contributed by atoms with Gasteiger partial charge in [-0.2, -0.15) is 0 Å². The Hall–Kier alpha value is -1.89. The Balaban J connectivity index is 1.88. The molecule has 7 heteroatoms. The SMILES string of the molecule is CN1C(=O)C(=Cc2cc(Cl)ccc2OCc2ccccc2F)SC1=S. The van der Waals surface area contributed by atoms with Crippen LogP contribution in [-0.4, -0.2) is 22.2 Å². The molecule has 128 valence electrons. The highest BCUT2D eigenvalue weighted by atomic mass is 35.5. The number of hydrogen-bond donors (Lipinski definition) is 0. The Bertz CT molecular complexity index is 885. The van der Waals surface area contributed by atoms with Gasteiger partial charge in [-0.1, -0.05) is 53.8 Å². The summed E-state index contributed by atoms with van der Waals surface area (Å²) in [6.07, 6.45) is 1.69. The van der Waals surface area contributed by atoms with Gasteiger partial charge in [0, 0.05) is 23.2 Å². The number of rotatable bonds is 4. The van der Waals surface area contributed by atoms with E-state index >= 15 is 0 Å². The van der Waals surface area contributed by atoms with Crippen LogP contribution >= 0.6 is 35.6 Å². The fourth-order valence-electron chi connectivity index (χ4n) is 2.22. The van der Waals surface area contributed by atoms with Gasteiger partial charge >= 0.3 is 0 Å². The first-order valence-corrected chi connectivity index (χ1v) is 8.93. The molecule has 0 atom stereocenters. The molecular weight excluding hydrogens is 381 g/mol. The summed E-state index contributed by atoms with van der Waals surface area (Å²) >= 11 is 12.4. The highest BCUT2D eigenvalue weighted by Crippen LogP contribution is 2.34. The number of hydrogen-bond acceptors (Lipinski definition) is 4. The summed E-state index contributed by atoms with van der Waals surface area (Å²) in [6, 6.07) is 11.5. The maximum atomic E-state index is 13.7. The van der Waals surface area contributed by atoms with Gasteiger partial charge in [-0.25, -0.2) is 4.39 Å². The number of halogens is 2. The number of thioether (sulfide) groups is 1. The van der Waals surface area contributed by atoms with Gasteiger partial charge in [0.1, 0.15) is 22.5 Å². The molecule has 1 fully saturated rings. The number of likely N-dealkylation sites (N-methyl/N-ethyl adjacent to an activating group) is 1. The molecule has 0 saturated carbocycles. The lowest BCUT2D eigenvalue weighted by Crippen LogP contribution is -2.22. The van der Waals surface area contributed by atoms with Crippen molar-refractivity contribution in [3.8, 4) is 5.75 Å². The molecule has 1 aliphatic heterocycles. The summed E-state index contributed by atoms with van der Waals surface area (Å²) in [7, 11) is 1.63. The van der Waals surface area contributed by atoms with Crippen LogP contribution in [-0.2, 0) is 11.4 Å². The van der Waals surface area contributed by atoms with Gasteiger partial charge in [-0.3, -0.25) is 9.69 Å². The second-order valence-electron chi connectivity index (χ2n) is 5.30. The summed E-state index contributed by atoms with van der Waals surface area (Å²) in [5.41, 5.74) is 1.08. The predicted octanol–water partition coefficient (Wildman–Crippen LogP) is 4.89. The van der Waals surface area contributed by atoms with Crippen molar-refractivity contribution in [3.63, 3.8) is 0 Å². The fourth-order valence-corrected chi connectivity index (χ4v) is 3.57. The largest absolute Gasteiger partial charge is 0.488 e. The van der Waals surface area contributed by atoms with E-state index in [4.69, 9.17) is 28.6 Å². The van der Waals surface area contributed by atoms with Crippen molar-refractivity contribution in [1.29, 1.82) is 0 Å². The smallest absolute Gasteiger partial charge is 0.265 e. The lowest BCUT2D eigenvalue weighted by atomic mass is 10.1. The molecule has 0 N–H and O–H groups in total. The van der Waals surface area contributed by atoms with Crippen LogP contribution in [0.3, 0.4) is 0 Å². The monoisotopic (exact) mass is 393 g/mol. The minimum Gasteiger partial charge on any atom is -0.488 e. The van der Waals surface area contributed by atoms with Crippen LogP contribution in [0.25, 0.3) is 6.08 Å². The van der Waals surface area contributed by atoms with E-state index in [-0.39, 0.29) is 18.3 Å². The van der Waals surface area contributed by atoms with Gasteiger partial charge in [0.15, 0.2) is 0 Å². The van der Waals surface area contributed by atoms with Gasteiger partial charge in [0.2, 0.25) is 0 Å². The third-order valence-electron chi connectivity index (χ3n) is 3.59. The summed E-state index contributed by atoms with van der Waals surface area (Å²) in [4.78, 5) is 14.1. The molecule has 0 spiro atoms. The molecule has 0 radical (unpaired) electrons. The highest BCUT2D eigenvalue weighted by Gasteiger charge is 2.29. The zero-order valence-electron chi connectivity index (χ0n) is 13.2. The molecule has 1 aliphatic rings. The van der Waals surface area contributed by atoms with Gasteiger partial charge < -0.3 is 4.74 Å². The van der Waals surface area contributed by atoms with Gasteiger partial charge in [0.25, 0.3) is 5.91 Å². The van der Waals surface area contributed by atoms with Crippen molar-refractivity contribution in [3.05, 3.63) is 69.3 Å². The van der Waals surface area contributed by atoms with Crippen molar-refractivity contribution >= 4 is 51.9 Å². The van der Waals surface area contributed by atoms with E-state index in [1.165, 1.54) is 22.7 Å². The number of ether oxygens (including phenoxy) is 1. The lowest BCUT2D eigenvalue weighted by molar-refractivity contribution is -0.121. The van der Waals surface area contributed by atoms with Crippen molar-refractivity contribution in [2.45, 2.75) is 6.61 Å². The van der Waals surface area contributed by atoms with Crippen LogP contribution < -0.4 is 4.74 Å². The molecule has 1 heterocycles. The quantitative estimate of drug-likeness (QED) is 0.546. The number of benzene rings is 2. The maximum Gasteiger partial charge on any atom is 0.265 e. The Morgan fingerprint density at radius 3 is 2.76 bits per heavy atom. The van der Waals surface area contributed by atoms with Crippen LogP contribution in [0.15, 0.2) is 47.4 Å². The molecule has 0 aromatic heterocycles. The predicted molar refractivity (Wildman–Crippen MR) is 103 cm³/mol. The van der Waals surface area contributed by atoms with Crippen LogP contribution in [0, 0.1) is 5.82 Å². The van der Waals surface area contributed by atoms with E-state index in [9.17, 15) is 9.18 Å². The first-order chi connectivity index (χ1) is 12.0. The third-order valence-corrected chi connectivity index (χ3v) is 5.31. The summed E-state index contributed by atoms with van der Waals surface area (Å²) in [5.74, 6) is 0.00826. The van der Waals surface area contributed by atoms with E-state index < -0.39 is 0 Å². The Morgan fingerprint density at radius 2 is 2.08 bits per heavy atom. The Labute approximate surface area is 159 Å². The molecular formula is C18H13ClFNO2S2. The van der Waals surface area contributed by atoms with E-state index in [1.807, 2.05) is 0 Å². The minimum absolute atomic E-state index is 0.0733. The van der Waals surface area contributed by atoms with Crippen LogP contribution in [0.1, 0.15) is 11.1 Å². The third kappa shape index (κ3) is 4.03. The first kappa shape index (κ1) is 17.9. The van der Waals surface area contributed by atoms with Gasteiger partial charge in [-0.15, -0.1) is 0 Å². The van der Waals surface area contributed by atoms with Crippen LogP contribution in [0.4, 0.5) is 4.39 Å². The fraction of sp³-hybridized carbons (Fsp3) is 0.111. The molecule has 0 aliphatic carbocycles. The number of nitrogens with zero attached hydrogens (tertiary/aromatic N) is 1. The minimum atomic E-state index is -0.329. The summed E-state index contributed by atoms with van der Waals surface area (Å²) in [5, 5.41) is 0.511. The number of carbonyl (C=O) groups is 1. The number of amides is 1. The first-order valence-electron chi connectivity index (χ1n) is 7.33. The topological polar surface area (TPSA) is 29.5 Å². The van der Waals surface area contributed by atoms with Crippen LogP contribution in [0.5, 0.6) is 5.75 Å². The molecule has 1 amide bonds. The van der Waals surface area contributed by atoms with E-state index in [1.54, 1.807) is 49.5 Å². The standard InChI is InChI=1S/C18H13ClFNO2S2/c1-21-17(22)16(25-18(21)24)9-12-8-13(19)6-7-15(12)23-10-11-4-2-3-5-14(11)20/h2-9H,10H2,1H3. The van der Waals surface area contributed by atoms with Gasteiger partial charge in [-0.05, 0) is 30.3 Å². The maximum absolute atomic E-state index is 13.7. The van der Waals surface area contributed by atoms with Crippen LogP contribution in [0.2, 0.25) is 5.02 Å². The second-order valence-corrected chi connectivity index (χ2v) is 7.42. The highest BCUT2D eigenvalue weighted by molar-refractivity contribution is 8.26. The molecule has 0 bridgehead atoms. The average Bonchev–Trinajstić information content (AvgIpc) is 2.82. The summed E-state index contributed by atoms with van der Waals surface area (Å²) < 4.78 is 20.0. The number of thiocarbonyl (C=S) groups is 1. The van der Waals surface area contributed by atoms with Gasteiger partial charge in [0.05, 0.1) is 4.91 Å². The van der Waals surface area contributed by atoms with Crippen molar-refractivity contribution in [1.82, 2.24) is 4.90 Å². The average molecular weight is 394 g/mol. The molecule has 0 unspecified atom stereocenters. The Kier molecular flexibility index (Phi) is 5.42. The molecule has 3 nitrogen and oxygen atoms in total. The molecule has 3 rings (SSSR count). The molecule has 2 aromatic carbocycles. The zero-order chi connectivity index (χ0) is 18.0. The number of carbonyl (C=O) groups excluding carboxylic acids is 1. The Morgan fingerprint density at radius 1 is 1.32 bits per heavy atom. The second kappa shape index (κ2) is 7.56. The lowest BCUT2D eigenvalue weighted by Gasteiger charge is -2.11. The molecule has 25 heavy (non-hydrogen) atoms. The molecule has 2 aromatic rings. The van der Waals surface area contributed by atoms with E-state index in [0.29, 0.717) is 31.1 Å². The van der Waals surface area contributed by atoms with Crippen molar-refractivity contribution in [2.75, 3.05) is 7.05 Å². The zero-order valence-corrected chi connectivity index (χ0v) is 15.6. The van der Waals surface area contributed by atoms with E-state index in [0.717, 1.165) is 0 Å². The molecule has 1 saturated heterocycles. The van der Waals surface area contributed by atoms with Crippen molar-refractivity contribution < 1.29 is 13.9 Å². The summed E-state index contributed by atoms with van der Waals surface area (Å²) in [6.45, 7) is 0.0733.